The molecule has 1 aromatic heterocycles. The molecule has 4 nitrogen and oxygen atoms in total. The molecule has 2 rings (SSSR count). The summed E-state index contributed by atoms with van der Waals surface area (Å²) in [5, 5.41) is 13.1. The van der Waals surface area contributed by atoms with Crippen LogP contribution in [0.5, 0.6) is 0 Å². The van der Waals surface area contributed by atoms with Crippen molar-refractivity contribution in [2.24, 2.45) is 0 Å². The lowest BCUT2D eigenvalue weighted by Crippen LogP contribution is -2.22. The van der Waals surface area contributed by atoms with Crippen LogP contribution in [-0.4, -0.2) is 20.9 Å². The van der Waals surface area contributed by atoms with Crippen LogP contribution in [0, 0.1) is 6.92 Å². The van der Waals surface area contributed by atoms with E-state index in [2.05, 4.69) is 5.10 Å². The van der Waals surface area contributed by atoms with E-state index in [4.69, 9.17) is 5.11 Å². The van der Waals surface area contributed by atoms with Gasteiger partial charge in [-0.1, -0.05) is 0 Å². The van der Waals surface area contributed by atoms with Gasteiger partial charge in [0, 0.05) is 0 Å². The van der Waals surface area contributed by atoms with E-state index in [1.807, 2.05) is 6.92 Å². The topological polar surface area (TPSA) is 55.1 Å². The van der Waals surface area contributed by atoms with E-state index in [-0.39, 0.29) is 0 Å². The van der Waals surface area contributed by atoms with E-state index in [0.717, 1.165) is 18.5 Å². The molecule has 1 aliphatic rings. The molecule has 1 aliphatic carbocycles. The largest absolute Gasteiger partial charge is 0.477 e. The third-order valence-corrected chi connectivity index (χ3v) is 2.50. The van der Waals surface area contributed by atoms with Gasteiger partial charge in [-0.25, -0.2) is 4.79 Å². The van der Waals surface area contributed by atoms with Crippen molar-refractivity contribution in [3.05, 3.63) is 17.5 Å². The first-order valence-electron chi connectivity index (χ1n) is 4.48. The van der Waals surface area contributed by atoms with Gasteiger partial charge in [0.2, 0.25) is 0 Å². The molecule has 1 aromatic rings. The minimum atomic E-state index is -0.882. The predicted molar refractivity (Wildman–Crippen MR) is 46.8 cm³/mol. The fourth-order valence-electron chi connectivity index (χ4n) is 1.59. The summed E-state index contributed by atoms with van der Waals surface area (Å²) in [5.74, 6) is -0.882. The molecule has 70 valence electrons. The highest BCUT2D eigenvalue weighted by molar-refractivity contribution is 5.85. The summed E-state index contributed by atoms with van der Waals surface area (Å²) in [4.78, 5) is 10.8. The number of nitrogens with zero attached hydrogens (tertiary/aromatic N) is 2. The van der Waals surface area contributed by atoms with E-state index in [1.165, 1.54) is 6.42 Å². The average Bonchev–Trinajstić information content (AvgIpc) is 2.27. The SMILES string of the molecule is Cc1cc(C(=O)O)n(C2CCC2)n1. The van der Waals surface area contributed by atoms with Gasteiger partial charge in [0.25, 0.3) is 0 Å². The standard InChI is InChI=1S/C9H12N2O2/c1-6-5-8(9(12)13)11(10-6)7-3-2-4-7/h5,7H,2-4H2,1H3,(H,12,13). The lowest BCUT2D eigenvalue weighted by molar-refractivity contribution is 0.0675. The molecule has 0 amide bonds. The normalized spacial score (nSPS) is 17.0. The van der Waals surface area contributed by atoms with Crippen LogP contribution >= 0.6 is 0 Å². The maximum atomic E-state index is 10.8. The summed E-state index contributed by atoms with van der Waals surface area (Å²) in [5.41, 5.74) is 1.10. The van der Waals surface area contributed by atoms with E-state index >= 15 is 0 Å². The molecule has 1 N–H and O–H groups in total. The maximum Gasteiger partial charge on any atom is 0.354 e. The van der Waals surface area contributed by atoms with Crippen LogP contribution in [-0.2, 0) is 0 Å². The van der Waals surface area contributed by atoms with Gasteiger partial charge in [0.15, 0.2) is 0 Å². The molecular weight excluding hydrogens is 168 g/mol. The molecule has 4 heteroatoms. The fourth-order valence-corrected chi connectivity index (χ4v) is 1.59. The summed E-state index contributed by atoms with van der Waals surface area (Å²) in [7, 11) is 0. The Kier molecular flexibility index (Phi) is 1.83. The Morgan fingerprint density at radius 1 is 1.69 bits per heavy atom. The van der Waals surface area contributed by atoms with Crippen molar-refractivity contribution in [2.75, 3.05) is 0 Å². The third-order valence-electron chi connectivity index (χ3n) is 2.50. The molecule has 0 saturated heterocycles. The van der Waals surface area contributed by atoms with Crippen molar-refractivity contribution in [3.8, 4) is 0 Å². The highest BCUT2D eigenvalue weighted by Crippen LogP contribution is 2.32. The van der Waals surface area contributed by atoms with E-state index < -0.39 is 5.97 Å². The molecule has 0 radical (unpaired) electrons. The number of hydrogen-bond donors (Lipinski definition) is 1. The van der Waals surface area contributed by atoms with Gasteiger partial charge in [-0.05, 0) is 32.3 Å². The van der Waals surface area contributed by atoms with E-state index in [1.54, 1.807) is 10.7 Å². The second kappa shape index (κ2) is 2.87. The fraction of sp³-hybridized carbons (Fsp3) is 0.556. The van der Waals surface area contributed by atoms with Crippen LogP contribution < -0.4 is 0 Å². The van der Waals surface area contributed by atoms with Gasteiger partial charge >= 0.3 is 5.97 Å². The van der Waals surface area contributed by atoms with Gasteiger partial charge in [-0.15, -0.1) is 0 Å². The Labute approximate surface area is 76.2 Å². The maximum absolute atomic E-state index is 10.8. The van der Waals surface area contributed by atoms with Crippen LogP contribution in [0.1, 0.15) is 41.5 Å². The summed E-state index contributed by atoms with van der Waals surface area (Å²) in [6, 6.07) is 1.94. The molecule has 0 atom stereocenters. The molecule has 1 fully saturated rings. The Morgan fingerprint density at radius 2 is 2.38 bits per heavy atom. The monoisotopic (exact) mass is 180 g/mol. The number of carboxylic acid groups (broad SMARTS) is 1. The molecule has 0 unspecified atom stereocenters. The van der Waals surface area contributed by atoms with Crippen LogP contribution in [0.2, 0.25) is 0 Å². The zero-order valence-corrected chi connectivity index (χ0v) is 7.53. The van der Waals surface area contributed by atoms with Crippen LogP contribution in [0.3, 0.4) is 0 Å². The first-order valence-corrected chi connectivity index (χ1v) is 4.48. The smallest absolute Gasteiger partial charge is 0.354 e. The number of aromatic carboxylic acids is 1. The van der Waals surface area contributed by atoms with Crippen LogP contribution in [0.4, 0.5) is 0 Å². The Morgan fingerprint density at radius 3 is 2.85 bits per heavy atom. The van der Waals surface area contributed by atoms with Crippen molar-refractivity contribution in [2.45, 2.75) is 32.2 Å². The van der Waals surface area contributed by atoms with Crippen molar-refractivity contribution < 1.29 is 9.90 Å². The molecule has 0 bridgehead atoms. The van der Waals surface area contributed by atoms with Gasteiger partial charge in [-0.2, -0.15) is 5.10 Å². The molecule has 0 aliphatic heterocycles. The Balaban J connectivity index is 2.36. The van der Waals surface area contributed by atoms with Gasteiger partial charge in [0.1, 0.15) is 5.69 Å². The van der Waals surface area contributed by atoms with Crippen LogP contribution in [0.15, 0.2) is 6.07 Å². The second-order valence-electron chi connectivity index (χ2n) is 3.51. The van der Waals surface area contributed by atoms with Gasteiger partial charge < -0.3 is 5.11 Å². The number of rotatable bonds is 2. The Hall–Kier alpha value is -1.32. The van der Waals surface area contributed by atoms with Crippen molar-refractivity contribution in [1.82, 2.24) is 9.78 Å². The molecule has 13 heavy (non-hydrogen) atoms. The number of carboxylic acids is 1. The van der Waals surface area contributed by atoms with Crippen molar-refractivity contribution >= 4 is 5.97 Å². The van der Waals surface area contributed by atoms with Gasteiger partial charge in [0.05, 0.1) is 11.7 Å². The highest BCUT2D eigenvalue weighted by atomic mass is 16.4. The molecule has 1 heterocycles. The summed E-state index contributed by atoms with van der Waals surface area (Å²) >= 11 is 0. The first kappa shape index (κ1) is 8.29. The average molecular weight is 180 g/mol. The quantitative estimate of drug-likeness (QED) is 0.752. The number of aryl methyl sites for hydroxylation is 1. The minimum absolute atomic E-state index is 0.319. The van der Waals surface area contributed by atoms with E-state index in [9.17, 15) is 4.79 Å². The Bertz CT molecular complexity index is 339. The van der Waals surface area contributed by atoms with Crippen LogP contribution in [0.25, 0.3) is 0 Å². The number of aromatic nitrogens is 2. The zero-order chi connectivity index (χ0) is 9.42. The zero-order valence-electron chi connectivity index (χ0n) is 7.53. The lowest BCUT2D eigenvalue weighted by atomic mass is 9.93. The molecular formula is C9H12N2O2. The predicted octanol–water partition coefficient (Wildman–Crippen LogP) is 1.61. The van der Waals surface area contributed by atoms with Crippen molar-refractivity contribution in [1.29, 1.82) is 0 Å². The second-order valence-corrected chi connectivity index (χ2v) is 3.51. The van der Waals surface area contributed by atoms with Gasteiger partial charge in [-0.3, -0.25) is 4.68 Å². The molecule has 0 aromatic carbocycles. The third kappa shape index (κ3) is 1.32. The number of hydrogen-bond acceptors (Lipinski definition) is 2. The highest BCUT2D eigenvalue weighted by Gasteiger charge is 2.25. The van der Waals surface area contributed by atoms with E-state index in [0.29, 0.717) is 11.7 Å². The molecule has 1 saturated carbocycles. The minimum Gasteiger partial charge on any atom is -0.477 e. The van der Waals surface area contributed by atoms with Crippen molar-refractivity contribution in [3.63, 3.8) is 0 Å². The lowest BCUT2D eigenvalue weighted by Gasteiger charge is -2.26. The summed E-state index contributed by atoms with van der Waals surface area (Å²) in [6.45, 7) is 1.82. The first-order chi connectivity index (χ1) is 6.18. The number of carbonyl (C=O) groups is 1. The molecule has 0 spiro atoms. The summed E-state index contributed by atoms with van der Waals surface area (Å²) in [6.07, 6.45) is 3.30. The summed E-state index contributed by atoms with van der Waals surface area (Å²) < 4.78 is 1.65.